The van der Waals surface area contributed by atoms with E-state index in [9.17, 15) is 13.2 Å². The molecule has 0 bridgehead atoms. The van der Waals surface area contributed by atoms with Crippen molar-refractivity contribution in [1.29, 1.82) is 0 Å². The summed E-state index contributed by atoms with van der Waals surface area (Å²) in [4.78, 5) is 7.97. The van der Waals surface area contributed by atoms with Crippen molar-refractivity contribution in [1.82, 2.24) is 9.97 Å². The molecule has 0 aliphatic carbocycles. The summed E-state index contributed by atoms with van der Waals surface area (Å²) in [6.45, 7) is 0. The van der Waals surface area contributed by atoms with Gasteiger partial charge >= 0.3 is 0 Å². The molecule has 1 aromatic heterocycles. The summed E-state index contributed by atoms with van der Waals surface area (Å²) < 4.78 is 45.3. The minimum atomic E-state index is -1.56. The van der Waals surface area contributed by atoms with Crippen LogP contribution in [-0.2, 0) is 0 Å². The molecule has 134 valence electrons. The van der Waals surface area contributed by atoms with Crippen molar-refractivity contribution in [3.63, 3.8) is 0 Å². The van der Waals surface area contributed by atoms with E-state index in [2.05, 4.69) is 20.6 Å². The normalized spacial score (nSPS) is 10.5. The molecular formula is C17H12ClF3N4O. The first-order valence-corrected chi connectivity index (χ1v) is 7.69. The molecule has 0 aliphatic rings. The van der Waals surface area contributed by atoms with Crippen molar-refractivity contribution in [2.45, 2.75) is 0 Å². The van der Waals surface area contributed by atoms with Crippen molar-refractivity contribution in [3.05, 3.63) is 65.2 Å². The topological polar surface area (TPSA) is 59.1 Å². The van der Waals surface area contributed by atoms with Gasteiger partial charge in [-0.1, -0.05) is 11.6 Å². The van der Waals surface area contributed by atoms with Gasteiger partial charge in [-0.3, -0.25) is 0 Å². The van der Waals surface area contributed by atoms with E-state index in [0.29, 0.717) is 22.3 Å². The Hall–Kier alpha value is -3.00. The molecule has 0 spiro atoms. The molecule has 0 aliphatic heterocycles. The molecule has 2 N–H and O–H groups in total. The monoisotopic (exact) mass is 380 g/mol. The van der Waals surface area contributed by atoms with Crippen LogP contribution < -0.4 is 15.4 Å². The highest BCUT2D eigenvalue weighted by Gasteiger charge is 2.14. The van der Waals surface area contributed by atoms with Gasteiger partial charge in [-0.25, -0.2) is 23.1 Å². The highest BCUT2D eigenvalue weighted by atomic mass is 35.5. The summed E-state index contributed by atoms with van der Waals surface area (Å²) in [7, 11) is 1.51. The number of aromatic nitrogens is 2. The highest BCUT2D eigenvalue weighted by Crippen LogP contribution is 2.30. The zero-order valence-corrected chi connectivity index (χ0v) is 14.1. The predicted molar refractivity (Wildman–Crippen MR) is 92.9 cm³/mol. The van der Waals surface area contributed by atoms with E-state index in [-0.39, 0.29) is 11.5 Å². The minimum absolute atomic E-state index is 0.174. The number of halogens is 4. The number of nitrogens with zero attached hydrogens (tertiary/aromatic N) is 2. The lowest BCUT2D eigenvalue weighted by atomic mass is 10.2. The molecule has 3 aromatic rings. The van der Waals surface area contributed by atoms with Crippen LogP contribution in [0.2, 0.25) is 5.02 Å². The van der Waals surface area contributed by atoms with Crippen LogP contribution in [0.4, 0.5) is 36.2 Å². The Morgan fingerprint density at radius 1 is 0.885 bits per heavy atom. The fourth-order valence-corrected chi connectivity index (χ4v) is 2.34. The maximum absolute atomic E-state index is 13.8. The number of rotatable bonds is 5. The van der Waals surface area contributed by atoms with Gasteiger partial charge in [0.25, 0.3) is 0 Å². The maximum atomic E-state index is 13.8. The first-order valence-electron chi connectivity index (χ1n) is 7.31. The smallest absolute Gasteiger partial charge is 0.196 e. The van der Waals surface area contributed by atoms with Crippen molar-refractivity contribution in [2.24, 2.45) is 0 Å². The molecule has 9 heteroatoms. The van der Waals surface area contributed by atoms with Crippen LogP contribution in [0, 0.1) is 17.5 Å². The lowest BCUT2D eigenvalue weighted by molar-refractivity contribution is 0.417. The minimum Gasteiger partial charge on any atom is -0.495 e. The van der Waals surface area contributed by atoms with E-state index in [1.165, 1.54) is 19.5 Å². The second kappa shape index (κ2) is 7.49. The van der Waals surface area contributed by atoms with E-state index >= 15 is 0 Å². The first-order chi connectivity index (χ1) is 12.5. The molecule has 0 fully saturated rings. The lowest BCUT2D eigenvalue weighted by Crippen LogP contribution is -2.02. The van der Waals surface area contributed by atoms with Gasteiger partial charge in [0.15, 0.2) is 17.5 Å². The third-order valence-corrected chi connectivity index (χ3v) is 3.62. The summed E-state index contributed by atoms with van der Waals surface area (Å²) in [5.41, 5.74) is 0.303. The Labute approximate surface area is 151 Å². The van der Waals surface area contributed by atoms with Gasteiger partial charge in [0, 0.05) is 11.1 Å². The molecule has 2 aromatic carbocycles. The molecular weight excluding hydrogens is 369 g/mol. The van der Waals surface area contributed by atoms with E-state index in [0.717, 1.165) is 12.1 Å². The van der Waals surface area contributed by atoms with Gasteiger partial charge in [0.1, 0.15) is 23.7 Å². The summed E-state index contributed by atoms with van der Waals surface area (Å²) in [6, 6.07) is 8.35. The number of anilines is 4. The quantitative estimate of drug-likeness (QED) is 0.607. The Morgan fingerprint density at radius 3 is 2.27 bits per heavy atom. The van der Waals surface area contributed by atoms with Crippen molar-refractivity contribution in [3.8, 4) is 5.75 Å². The maximum Gasteiger partial charge on any atom is 0.196 e. The van der Waals surface area contributed by atoms with E-state index in [1.807, 2.05) is 0 Å². The van der Waals surface area contributed by atoms with E-state index < -0.39 is 17.5 Å². The van der Waals surface area contributed by atoms with Crippen LogP contribution >= 0.6 is 11.6 Å². The van der Waals surface area contributed by atoms with Gasteiger partial charge in [-0.05, 0) is 30.3 Å². The molecule has 0 radical (unpaired) electrons. The van der Waals surface area contributed by atoms with Gasteiger partial charge in [-0.2, -0.15) is 0 Å². The van der Waals surface area contributed by atoms with Crippen LogP contribution in [0.25, 0.3) is 0 Å². The van der Waals surface area contributed by atoms with Crippen molar-refractivity contribution < 1.29 is 17.9 Å². The Bertz CT molecular complexity index is 955. The predicted octanol–water partition coefficient (Wildman–Crippen LogP) is 5.04. The van der Waals surface area contributed by atoms with Gasteiger partial charge in [0.05, 0.1) is 18.5 Å². The average Bonchev–Trinajstić information content (AvgIpc) is 2.63. The van der Waals surface area contributed by atoms with Gasteiger partial charge in [-0.15, -0.1) is 0 Å². The number of nitrogens with one attached hydrogen (secondary N) is 2. The molecule has 5 nitrogen and oxygen atoms in total. The van der Waals surface area contributed by atoms with Crippen molar-refractivity contribution in [2.75, 3.05) is 17.7 Å². The number of methoxy groups -OCH3 is 1. The number of hydrogen-bond donors (Lipinski definition) is 2. The molecule has 26 heavy (non-hydrogen) atoms. The van der Waals surface area contributed by atoms with Crippen LogP contribution in [-0.4, -0.2) is 17.1 Å². The lowest BCUT2D eigenvalue weighted by Gasteiger charge is -2.12. The molecule has 1 heterocycles. The Kier molecular flexibility index (Phi) is 5.13. The summed E-state index contributed by atoms with van der Waals surface area (Å²) in [5.74, 6) is -3.11. The zero-order valence-electron chi connectivity index (χ0n) is 13.4. The van der Waals surface area contributed by atoms with Crippen LogP contribution in [0.3, 0.4) is 0 Å². The molecule has 0 unspecified atom stereocenters. The molecule has 0 saturated heterocycles. The third-order valence-electron chi connectivity index (χ3n) is 3.39. The number of benzene rings is 2. The van der Waals surface area contributed by atoms with Crippen LogP contribution in [0.1, 0.15) is 0 Å². The molecule has 0 saturated carbocycles. The number of ether oxygens (including phenoxy) is 1. The Morgan fingerprint density at radius 2 is 1.58 bits per heavy atom. The largest absolute Gasteiger partial charge is 0.495 e. The molecule has 0 amide bonds. The summed E-state index contributed by atoms with van der Waals surface area (Å²) in [6.07, 6.45) is 1.22. The Balaban J connectivity index is 1.85. The third kappa shape index (κ3) is 3.80. The SMILES string of the molecule is COc1ccc(Cl)cc1Nc1cc(Nc2ccc(F)c(F)c2F)ncn1. The average molecular weight is 381 g/mol. The summed E-state index contributed by atoms with van der Waals surface area (Å²) >= 11 is 5.98. The van der Waals surface area contributed by atoms with E-state index in [4.69, 9.17) is 16.3 Å². The fraction of sp³-hybridized carbons (Fsp3) is 0.0588. The second-order valence-electron chi connectivity index (χ2n) is 5.11. The van der Waals surface area contributed by atoms with E-state index in [1.54, 1.807) is 18.2 Å². The number of hydrogen-bond acceptors (Lipinski definition) is 5. The fourth-order valence-electron chi connectivity index (χ4n) is 2.17. The van der Waals surface area contributed by atoms with Gasteiger partial charge < -0.3 is 15.4 Å². The van der Waals surface area contributed by atoms with Gasteiger partial charge in [0.2, 0.25) is 0 Å². The standard InChI is InChI=1S/C17H12ClF3N4O/c1-26-13-5-2-9(18)6-12(13)25-15-7-14(22-8-23-15)24-11-4-3-10(19)16(20)17(11)21/h2-8H,1H3,(H2,22,23,24,25). The van der Waals surface area contributed by atoms with Crippen LogP contribution in [0.15, 0.2) is 42.7 Å². The molecule has 0 atom stereocenters. The highest BCUT2D eigenvalue weighted by molar-refractivity contribution is 6.31. The summed E-state index contributed by atoms with van der Waals surface area (Å²) in [5, 5.41) is 6.06. The zero-order chi connectivity index (χ0) is 18.7. The molecule has 3 rings (SSSR count). The van der Waals surface area contributed by atoms with Crippen LogP contribution in [0.5, 0.6) is 5.75 Å². The van der Waals surface area contributed by atoms with Crippen molar-refractivity contribution >= 4 is 34.6 Å². The first kappa shape index (κ1) is 17.8. The second-order valence-corrected chi connectivity index (χ2v) is 5.54.